The molecule has 5 rings (SSSR count). The number of carbonyl (C=O) groups is 3. The zero-order chi connectivity index (χ0) is 33.4. The maximum absolute atomic E-state index is 13.3. The van der Waals surface area contributed by atoms with Crippen molar-refractivity contribution in [2.45, 2.75) is 58.1 Å². The van der Waals surface area contributed by atoms with E-state index < -0.39 is 64.4 Å². The third-order valence-corrected chi connectivity index (χ3v) is 9.11. The van der Waals surface area contributed by atoms with Gasteiger partial charge < -0.3 is 20.4 Å². The molecule has 1 aliphatic heterocycles. The van der Waals surface area contributed by atoms with Crippen LogP contribution < -0.4 is 10.5 Å². The van der Waals surface area contributed by atoms with Crippen LogP contribution in [0.25, 0.3) is 10.9 Å². The number of Topliss-reactive ketones (excluding diaryl/α,β-unsaturated/α-hetero) is 1. The minimum absolute atomic E-state index is 0.0126. The number of nitrogens with zero attached hydrogens (tertiary/aromatic N) is 4. The molecule has 2 aliphatic rings. The lowest BCUT2D eigenvalue weighted by atomic mass is 9.74. The number of carboxylic acid groups (broad SMARTS) is 1. The number of fused-ring (bicyclic) bond motifs is 1. The van der Waals surface area contributed by atoms with Crippen molar-refractivity contribution in [3.05, 3.63) is 47.1 Å². The Kier molecular flexibility index (Phi) is 9.30. The van der Waals surface area contributed by atoms with Crippen LogP contribution in [0.2, 0.25) is 0 Å². The summed E-state index contributed by atoms with van der Waals surface area (Å²) in [5, 5.41) is 16.3. The average Bonchev–Trinajstić information content (AvgIpc) is 3.40. The molecule has 3 aromatic rings. The normalized spacial score (nSPS) is 21.7. The Morgan fingerprint density at radius 3 is 2.57 bits per heavy atom. The molecular weight excluding hydrogens is 642 g/mol. The number of anilines is 1. The van der Waals surface area contributed by atoms with E-state index in [0.717, 1.165) is 40.3 Å². The van der Waals surface area contributed by atoms with Gasteiger partial charge in [-0.3, -0.25) is 19.1 Å². The average molecular weight is 676 g/mol. The van der Waals surface area contributed by atoms with E-state index in [1.165, 1.54) is 32.1 Å². The van der Waals surface area contributed by atoms with Gasteiger partial charge in [0.05, 0.1) is 17.0 Å². The maximum atomic E-state index is 13.3. The summed E-state index contributed by atoms with van der Waals surface area (Å²) in [4.78, 5) is 51.9. The van der Waals surface area contributed by atoms with Crippen LogP contribution in [0.5, 0.6) is 5.75 Å². The molecule has 2 aromatic heterocycles. The van der Waals surface area contributed by atoms with E-state index in [-0.39, 0.29) is 10.8 Å². The topological polar surface area (TPSA) is 221 Å². The van der Waals surface area contributed by atoms with Crippen LogP contribution >= 0.6 is 11.3 Å². The highest BCUT2D eigenvalue weighted by Gasteiger charge is 2.57. The van der Waals surface area contributed by atoms with Gasteiger partial charge in [-0.2, -0.15) is 13.5 Å². The number of carbonyl (C=O) groups excluding carboxylic acids is 2. The number of hydrogen-bond donors (Lipinski definition) is 3. The van der Waals surface area contributed by atoms with Crippen molar-refractivity contribution in [2.24, 2.45) is 22.9 Å². The van der Waals surface area contributed by atoms with Gasteiger partial charge in [0.15, 0.2) is 16.6 Å². The van der Waals surface area contributed by atoms with E-state index in [1.54, 1.807) is 18.2 Å². The number of carboxylic acids is 1. The smallest absolute Gasteiger partial charge is 0.418 e. The molecule has 15 nitrogen and oxygen atoms in total. The van der Waals surface area contributed by atoms with Crippen LogP contribution in [0.3, 0.4) is 0 Å². The molecule has 1 unspecified atom stereocenters. The molecule has 46 heavy (non-hydrogen) atoms. The van der Waals surface area contributed by atoms with Crippen molar-refractivity contribution in [2.75, 3.05) is 12.3 Å². The number of benzene rings is 1. The second kappa shape index (κ2) is 12.9. The number of ketones is 1. The maximum Gasteiger partial charge on any atom is 0.418 e. The van der Waals surface area contributed by atoms with E-state index in [1.807, 2.05) is 12.1 Å². The summed E-state index contributed by atoms with van der Waals surface area (Å²) in [6.45, 7) is 4.64. The number of hydroxylamine groups is 2. The Morgan fingerprint density at radius 2 is 1.96 bits per heavy atom. The molecule has 17 heteroatoms. The monoisotopic (exact) mass is 675 g/mol. The van der Waals surface area contributed by atoms with Crippen LogP contribution in [0.4, 0.5) is 5.13 Å². The van der Waals surface area contributed by atoms with Crippen LogP contribution in [0.1, 0.15) is 51.4 Å². The molecule has 1 saturated carbocycles. The molecule has 0 spiro atoms. The number of β-lactam (4-membered cyclic amide) rings is 1. The third kappa shape index (κ3) is 7.43. The summed E-state index contributed by atoms with van der Waals surface area (Å²) in [6, 6.07) is 9.13. The van der Waals surface area contributed by atoms with Gasteiger partial charge in [0.25, 0.3) is 12.0 Å². The first-order valence-electron chi connectivity index (χ1n) is 14.4. The summed E-state index contributed by atoms with van der Waals surface area (Å²) < 4.78 is 41.2. The van der Waals surface area contributed by atoms with Crippen molar-refractivity contribution in [3.8, 4) is 5.75 Å². The number of ether oxygens (including phenoxy) is 1. The van der Waals surface area contributed by atoms with E-state index in [2.05, 4.69) is 21.3 Å². The van der Waals surface area contributed by atoms with E-state index >= 15 is 0 Å². The number of aromatic nitrogens is 2. The highest BCUT2D eigenvalue weighted by atomic mass is 32.3. The fraction of sp³-hybridized carbons (Fsp3) is 0.448. The second-order valence-corrected chi connectivity index (χ2v) is 13.9. The Labute approximate surface area is 268 Å². The molecule has 3 heterocycles. The zero-order valence-corrected chi connectivity index (χ0v) is 26.8. The minimum Gasteiger partial charge on any atom is -0.489 e. The van der Waals surface area contributed by atoms with Crippen molar-refractivity contribution in [1.82, 2.24) is 15.0 Å². The van der Waals surface area contributed by atoms with Crippen LogP contribution in [-0.2, 0) is 40.3 Å². The Balaban J connectivity index is 1.26. The molecule has 0 radical (unpaired) electrons. The summed E-state index contributed by atoms with van der Waals surface area (Å²) in [6.07, 6.45) is 1.23. The number of oxime groups is 1. The highest BCUT2D eigenvalue weighted by molar-refractivity contribution is 7.80. The Hall–Kier alpha value is -4.19. The zero-order valence-electron chi connectivity index (χ0n) is 25.2. The predicted molar refractivity (Wildman–Crippen MR) is 165 cm³/mol. The molecule has 1 amide bonds. The molecule has 2 atom stereocenters. The van der Waals surface area contributed by atoms with Gasteiger partial charge in [0.1, 0.15) is 18.1 Å². The van der Waals surface area contributed by atoms with Gasteiger partial charge in [-0.1, -0.05) is 18.1 Å². The molecule has 4 N–H and O–H groups in total. The molecule has 1 saturated heterocycles. The fourth-order valence-corrected chi connectivity index (χ4v) is 6.60. The largest absolute Gasteiger partial charge is 0.489 e. The van der Waals surface area contributed by atoms with Gasteiger partial charge in [-0.05, 0) is 69.2 Å². The van der Waals surface area contributed by atoms with Crippen molar-refractivity contribution >= 4 is 61.1 Å². The summed E-state index contributed by atoms with van der Waals surface area (Å²) >= 11 is 0.995. The molecule has 1 aromatic carbocycles. The molecule has 2 fully saturated rings. The molecule has 246 valence electrons. The number of hydrogen-bond acceptors (Lipinski definition) is 13. The summed E-state index contributed by atoms with van der Waals surface area (Å²) in [7, 11) is -4.98. The molecular formula is C29H33N5O10S2. The predicted octanol–water partition coefficient (Wildman–Crippen LogP) is 3.05. The highest BCUT2D eigenvalue weighted by Crippen LogP contribution is 2.41. The Morgan fingerprint density at radius 1 is 1.22 bits per heavy atom. The minimum atomic E-state index is -4.98. The first-order valence-corrected chi connectivity index (χ1v) is 16.6. The van der Waals surface area contributed by atoms with E-state index in [4.69, 9.17) is 24.8 Å². The second-order valence-electron chi connectivity index (χ2n) is 12.0. The van der Waals surface area contributed by atoms with Gasteiger partial charge in [0, 0.05) is 22.9 Å². The van der Waals surface area contributed by atoms with Gasteiger partial charge >= 0.3 is 16.4 Å². The number of nitrogens with two attached hydrogens (primary N) is 1. The van der Waals surface area contributed by atoms with Crippen molar-refractivity contribution < 1.29 is 46.3 Å². The van der Waals surface area contributed by atoms with Crippen molar-refractivity contribution in [1.29, 1.82) is 0 Å². The first-order chi connectivity index (χ1) is 21.6. The van der Waals surface area contributed by atoms with Gasteiger partial charge in [-0.15, -0.1) is 15.6 Å². The number of thiazole rings is 1. The SMILES string of the molecule is CC1CC(Cc2ccc3cc(OC[C@H](O/N=C(\C(=O)CC4C(=O)N(OS(=O)(=O)O)C4(C)C)c4csc(N)n4)C(=O)O)ccc3n2)C1. The van der Waals surface area contributed by atoms with E-state index in [0.29, 0.717) is 16.7 Å². The van der Waals surface area contributed by atoms with Crippen LogP contribution in [0, 0.1) is 17.8 Å². The van der Waals surface area contributed by atoms with E-state index in [9.17, 15) is 27.9 Å². The quantitative estimate of drug-likeness (QED) is 0.0969. The van der Waals surface area contributed by atoms with Gasteiger partial charge in [-0.25, -0.2) is 9.78 Å². The summed E-state index contributed by atoms with van der Waals surface area (Å²) in [5.74, 6) is -2.32. The number of rotatable bonds is 14. The first kappa shape index (κ1) is 33.2. The van der Waals surface area contributed by atoms with Crippen LogP contribution in [0.15, 0.2) is 40.9 Å². The number of amides is 1. The number of aliphatic carboxylic acids is 1. The Bertz CT molecular complexity index is 1800. The molecule has 1 aliphatic carbocycles. The standard InChI is InChI=1S/C29H33N5O10S2/c1-15-8-16(9-15)10-18-5-4-17-11-19(6-7-21(17)31-18)42-13-24(27(37)38)43-33-25(22-14-45-28(30)32-22)23(35)12-20-26(36)34(29(20,2)3)44-46(39,40)41/h4-7,11,14-16,20,24H,8-10,12-13H2,1-3H3,(H2,30,32)(H,37,38)(H,39,40,41)/b33-25-/t15?,16?,20?,24-/m0/s1. The lowest BCUT2D eigenvalue weighted by molar-refractivity contribution is -0.228. The van der Waals surface area contributed by atoms with Gasteiger partial charge in [0.2, 0.25) is 0 Å². The summed E-state index contributed by atoms with van der Waals surface area (Å²) in [5.41, 5.74) is 5.81. The number of nitrogen functional groups attached to an aromatic ring is 1. The number of pyridine rings is 1. The fourth-order valence-electron chi connectivity index (χ4n) is 5.60. The van der Waals surface area contributed by atoms with Crippen molar-refractivity contribution in [3.63, 3.8) is 0 Å². The third-order valence-electron chi connectivity index (χ3n) is 8.10. The van der Waals surface area contributed by atoms with Crippen LogP contribution in [-0.4, -0.2) is 74.7 Å². The molecule has 0 bridgehead atoms. The lowest BCUT2D eigenvalue weighted by Crippen LogP contribution is -2.68. The lowest BCUT2D eigenvalue weighted by Gasteiger charge is -2.50.